The van der Waals surface area contributed by atoms with Crippen LogP contribution in [0.1, 0.15) is 11.1 Å². The Morgan fingerprint density at radius 1 is 1.08 bits per heavy atom. The van der Waals surface area contributed by atoms with Crippen LogP contribution in [0.3, 0.4) is 0 Å². The first-order valence-corrected chi connectivity index (χ1v) is 9.38. The Bertz CT molecular complexity index is 813. The van der Waals surface area contributed by atoms with Gasteiger partial charge in [-0.2, -0.15) is 0 Å². The molecule has 0 atom stereocenters. The largest absolute Gasteiger partial charge is 0.484 e. The normalized spacial score (nSPS) is 11.1. The van der Waals surface area contributed by atoms with Crippen molar-refractivity contribution >= 4 is 15.7 Å². The molecule has 128 valence electrons. The van der Waals surface area contributed by atoms with Crippen molar-refractivity contribution in [3.8, 4) is 5.75 Å². The van der Waals surface area contributed by atoms with Gasteiger partial charge < -0.3 is 9.64 Å². The maximum absolute atomic E-state index is 12.2. The number of likely N-dealkylation sites (N-methyl/N-ethyl adjacent to an activating group) is 1. The van der Waals surface area contributed by atoms with Crippen LogP contribution in [0.2, 0.25) is 0 Å². The third-order valence-corrected chi connectivity index (χ3v) is 4.84. The number of benzene rings is 2. The molecule has 0 saturated carbocycles. The van der Waals surface area contributed by atoms with Crippen LogP contribution in [0.25, 0.3) is 0 Å². The molecule has 2 aromatic rings. The summed E-state index contributed by atoms with van der Waals surface area (Å²) in [6.07, 6.45) is 1.15. The molecule has 0 bridgehead atoms. The van der Waals surface area contributed by atoms with Gasteiger partial charge in [0.1, 0.15) is 5.75 Å². The molecule has 0 aliphatic rings. The van der Waals surface area contributed by atoms with E-state index in [9.17, 15) is 13.2 Å². The molecule has 0 heterocycles. The second-order valence-corrected chi connectivity index (χ2v) is 7.72. The van der Waals surface area contributed by atoms with Gasteiger partial charge in [0.25, 0.3) is 5.91 Å². The minimum Gasteiger partial charge on any atom is -0.484 e. The number of carbonyl (C=O) groups excluding carboxylic acids is 1. The molecule has 0 aromatic heterocycles. The number of rotatable bonds is 6. The molecule has 0 spiro atoms. The molecule has 1 amide bonds. The first-order chi connectivity index (χ1) is 11.3. The van der Waals surface area contributed by atoms with E-state index in [0.717, 1.165) is 17.4 Å². The lowest BCUT2D eigenvalue weighted by molar-refractivity contribution is -0.132. The second-order valence-electron chi connectivity index (χ2n) is 5.71. The van der Waals surface area contributed by atoms with Crippen molar-refractivity contribution in [1.82, 2.24) is 4.90 Å². The lowest BCUT2D eigenvalue weighted by atomic mass is 10.1. The smallest absolute Gasteiger partial charge is 0.260 e. The van der Waals surface area contributed by atoms with Crippen molar-refractivity contribution in [1.29, 1.82) is 0 Å². The lowest BCUT2D eigenvalue weighted by Gasteiger charge is -2.18. The molecule has 0 aliphatic carbocycles. The standard InChI is InChI=1S/C18H21NO4S/c1-14-6-4-5-7-15(14)12-19(2)18(20)13-23-16-8-10-17(11-9-16)24(3,21)22/h4-11H,12-13H2,1-3H3. The van der Waals surface area contributed by atoms with Gasteiger partial charge in [-0.3, -0.25) is 4.79 Å². The predicted molar refractivity (Wildman–Crippen MR) is 92.7 cm³/mol. The molecule has 0 aliphatic heterocycles. The molecule has 2 rings (SSSR count). The molecule has 6 heteroatoms. The van der Waals surface area contributed by atoms with Crippen LogP contribution in [0.5, 0.6) is 5.75 Å². The molecule has 0 saturated heterocycles. The summed E-state index contributed by atoms with van der Waals surface area (Å²) >= 11 is 0. The lowest BCUT2D eigenvalue weighted by Crippen LogP contribution is -2.31. The van der Waals surface area contributed by atoms with Gasteiger partial charge >= 0.3 is 0 Å². The Labute approximate surface area is 142 Å². The number of hydrogen-bond donors (Lipinski definition) is 0. The van der Waals surface area contributed by atoms with Crippen molar-refractivity contribution in [2.45, 2.75) is 18.4 Å². The summed E-state index contributed by atoms with van der Waals surface area (Å²) in [4.78, 5) is 14.0. The molecule has 24 heavy (non-hydrogen) atoms. The van der Waals surface area contributed by atoms with Crippen LogP contribution in [0, 0.1) is 6.92 Å². The third-order valence-electron chi connectivity index (χ3n) is 3.71. The summed E-state index contributed by atoms with van der Waals surface area (Å²) in [6.45, 7) is 2.43. The van der Waals surface area contributed by atoms with Crippen LogP contribution in [-0.4, -0.2) is 39.1 Å². The summed E-state index contributed by atoms with van der Waals surface area (Å²) in [5.41, 5.74) is 2.22. The predicted octanol–water partition coefficient (Wildman–Crippen LogP) is 2.44. The summed E-state index contributed by atoms with van der Waals surface area (Å²) in [6, 6.07) is 13.9. The summed E-state index contributed by atoms with van der Waals surface area (Å²) in [5, 5.41) is 0. The maximum atomic E-state index is 12.2. The Morgan fingerprint density at radius 2 is 1.71 bits per heavy atom. The number of amides is 1. The van der Waals surface area contributed by atoms with Crippen LogP contribution in [0.15, 0.2) is 53.4 Å². The van der Waals surface area contributed by atoms with Crippen LogP contribution >= 0.6 is 0 Å². The molecule has 2 aromatic carbocycles. The number of nitrogens with zero attached hydrogens (tertiary/aromatic N) is 1. The van der Waals surface area contributed by atoms with Crippen molar-refractivity contribution in [3.63, 3.8) is 0 Å². The Morgan fingerprint density at radius 3 is 2.29 bits per heavy atom. The van der Waals surface area contributed by atoms with Gasteiger partial charge in [0, 0.05) is 19.8 Å². The first kappa shape index (κ1) is 18.0. The Hall–Kier alpha value is -2.34. The summed E-state index contributed by atoms with van der Waals surface area (Å²) < 4.78 is 28.2. The monoisotopic (exact) mass is 347 g/mol. The van der Waals surface area contributed by atoms with Crippen LogP contribution < -0.4 is 4.74 Å². The first-order valence-electron chi connectivity index (χ1n) is 7.49. The van der Waals surface area contributed by atoms with E-state index in [4.69, 9.17) is 4.74 Å². The zero-order valence-corrected chi connectivity index (χ0v) is 14.8. The van der Waals surface area contributed by atoms with E-state index in [-0.39, 0.29) is 17.4 Å². The van der Waals surface area contributed by atoms with Crippen molar-refractivity contribution < 1.29 is 17.9 Å². The molecule has 5 nitrogen and oxygen atoms in total. The number of sulfone groups is 1. The van der Waals surface area contributed by atoms with Gasteiger partial charge in [-0.05, 0) is 42.3 Å². The molecule has 0 unspecified atom stereocenters. The van der Waals surface area contributed by atoms with E-state index in [0.29, 0.717) is 12.3 Å². The van der Waals surface area contributed by atoms with E-state index in [1.807, 2.05) is 31.2 Å². The number of aryl methyl sites for hydroxylation is 1. The van der Waals surface area contributed by atoms with Gasteiger partial charge in [-0.15, -0.1) is 0 Å². The average Bonchev–Trinajstić information content (AvgIpc) is 2.54. The van der Waals surface area contributed by atoms with Crippen LogP contribution in [0.4, 0.5) is 0 Å². The van der Waals surface area contributed by atoms with E-state index < -0.39 is 9.84 Å². The highest BCUT2D eigenvalue weighted by molar-refractivity contribution is 7.90. The SMILES string of the molecule is Cc1ccccc1CN(C)C(=O)COc1ccc(S(C)(=O)=O)cc1. The number of hydrogen-bond acceptors (Lipinski definition) is 4. The quantitative estimate of drug-likeness (QED) is 0.805. The van der Waals surface area contributed by atoms with Gasteiger partial charge in [-0.25, -0.2) is 8.42 Å². The summed E-state index contributed by atoms with van der Waals surface area (Å²) in [5.74, 6) is 0.311. The molecule has 0 N–H and O–H groups in total. The Kier molecular flexibility index (Phi) is 5.62. The van der Waals surface area contributed by atoms with Crippen LogP contribution in [-0.2, 0) is 21.2 Å². The fraction of sp³-hybridized carbons (Fsp3) is 0.278. The molecular weight excluding hydrogens is 326 g/mol. The topological polar surface area (TPSA) is 63.7 Å². The third kappa shape index (κ3) is 4.83. The Balaban J connectivity index is 1.92. The van der Waals surface area contributed by atoms with Gasteiger partial charge in [-0.1, -0.05) is 24.3 Å². The average molecular weight is 347 g/mol. The highest BCUT2D eigenvalue weighted by Crippen LogP contribution is 2.16. The minimum atomic E-state index is -3.23. The van der Waals surface area contributed by atoms with Gasteiger partial charge in [0.15, 0.2) is 16.4 Å². The maximum Gasteiger partial charge on any atom is 0.260 e. The second kappa shape index (κ2) is 7.49. The zero-order valence-electron chi connectivity index (χ0n) is 14.0. The fourth-order valence-corrected chi connectivity index (χ4v) is 2.80. The van der Waals surface area contributed by atoms with Crippen molar-refractivity contribution in [3.05, 3.63) is 59.7 Å². The van der Waals surface area contributed by atoms with Gasteiger partial charge in [0.2, 0.25) is 0 Å². The highest BCUT2D eigenvalue weighted by atomic mass is 32.2. The molecular formula is C18H21NO4S. The highest BCUT2D eigenvalue weighted by Gasteiger charge is 2.12. The zero-order chi connectivity index (χ0) is 17.7. The van der Waals surface area contributed by atoms with E-state index in [1.165, 1.54) is 12.1 Å². The number of ether oxygens (including phenoxy) is 1. The van der Waals surface area contributed by atoms with E-state index in [2.05, 4.69) is 0 Å². The van der Waals surface area contributed by atoms with Crippen molar-refractivity contribution in [2.24, 2.45) is 0 Å². The summed E-state index contributed by atoms with van der Waals surface area (Å²) in [7, 11) is -1.51. The number of carbonyl (C=O) groups is 1. The van der Waals surface area contributed by atoms with E-state index >= 15 is 0 Å². The molecule has 0 fully saturated rings. The fourth-order valence-electron chi connectivity index (χ4n) is 2.17. The molecule has 0 radical (unpaired) electrons. The van der Waals surface area contributed by atoms with Crippen molar-refractivity contribution in [2.75, 3.05) is 19.9 Å². The minimum absolute atomic E-state index is 0.0966. The van der Waals surface area contributed by atoms with Gasteiger partial charge in [0.05, 0.1) is 4.90 Å². The van der Waals surface area contributed by atoms with E-state index in [1.54, 1.807) is 24.1 Å².